The van der Waals surface area contributed by atoms with E-state index in [-0.39, 0.29) is 11.9 Å². The average Bonchev–Trinajstić information content (AvgIpc) is 2.97. The van der Waals surface area contributed by atoms with Crippen molar-refractivity contribution in [1.82, 2.24) is 5.32 Å². The third-order valence-corrected chi connectivity index (χ3v) is 4.49. The zero-order chi connectivity index (χ0) is 19.9. The summed E-state index contributed by atoms with van der Waals surface area (Å²) in [5.74, 6) is 5.68. The summed E-state index contributed by atoms with van der Waals surface area (Å²) < 4.78 is 10.8. The molecule has 0 spiro atoms. The molecule has 1 aliphatic heterocycles. The molecule has 5 N–H and O–H groups in total. The van der Waals surface area contributed by atoms with Crippen molar-refractivity contribution in [3.63, 3.8) is 0 Å². The fraction of sp³-hybridized carbons (Fsp3) is 0.526. The average molecular weight is 365 g/mol. The van der Waals surface area contributed by atoms with E-state index in [9.17, 15) is 4.79 Å². The minimum absolute atomic E-state index is 0.0700. The Labute approximate surface area is 155 Å². The van der Waals surface area contributed by atoms with Crippen molar-refractivity contribution in [1.29, 1.82) is 0 Å². The number of nitrogens with two attached hydrogens (primary N) is 2. The van der Waals surface area contributed by atoms with Gasteiger partial charge in [0.25, 0.3) is 0 Å². The molecule has 1 saturated heterocycles. The first-order valence-electron chi connectivity index (χ1n) is 8.61. The third kappa shape index (κ3) is 4.97. The van der Waals surface area contributed by atoms with Gasteiger partial charge in [-0.15, -0.1) is 0 Å². The highest BCUT2D eigenvalue weighted by atomic mass is 16.6. The first-order chi connectivity index (χ1) is 12.3. The number of hydrogen-bond donors (Lipinski definition) is 3. The lowest BCUT2D eigenvalue weighted by Gasteiger charge is -2.22. The van der Waals surface area contributed by atoms with Gasteiger partial charge in [-0.1, -0.05) is 19.2 Å². The van der Waals surface area contributed by atoms with Crippen LogP contribution in [0.1, 0.15) is 27.2 Å². The Balaban J connectivity index is 3.27. The molecule has 146 valence electrons. The van der Waals surface area contributed by atoms with Crippen LogP contribution in [-0.2, 0) is 19.1 Å². The molecule has 0 saturated carbocycles. The normalized spacial score (nSPS) is 24.3. The molecular formula is C19H31N3O4. The molecule has 0 aliphatic carbocycles. The van der Waals surface area contributed by atoms with Crippen molar-refractivity contribution in [3.8, 4) is 0 Å². The Bertz CT molecular complexity index is 610. The van der Waals surface area contributed by atoms with Crippen molar-refractivity contribution in [2.45, 2.75) is 33.4 Å². The second-order valence-electron chi connectivity index (χ2n) is 6.25. The van der Waals surface area contributed by atoms with Crippen LogP contribution in [0.4, 0.5) is 0 Å². The number of allylic oxidation sites excluding steroid dienone is 6. The highest BCUT2D eigenvalue weighted by Crippen LogP contribution is 2.33. The van der Waals surface area contributed by atoms with Gasteiger partial charge in [0, 0.05) is 24.1 Å². The number of hydrogen-bond acceptors (Lipinski definition) is 7. The van der Waals surface area contributed by atoms with Crippen LogP contribution < -0.4 is 16.9 Å². The van der Waals surface area contributed by atoms with Crippen molar-refractivity contribution in [2.75, 3.05) is 20.3 Å². The van der Waals surface area contributed by atoms with Crippen LogP contribution in [0.3, 0.4) is 0 Å². The van der Waals surface area contributed by atoms with Crippen LogP contribution in [0.5, 0.6) is 0 Å². The Morgan fingerprint density at radius 3 is 2.50 bits per heavy atom. The number of nitrogens with one attached hydrogen (secondary N) is 1. The van der Waals surface area contributed by atoms with Gasteiger partial charge in [0.2, 0.25) is 0 Å². The molecule has 1 rings (SSSR count). The summed E-state index contributed by atoms with van der Waals surface area (Å²) in [6.07, 6.45) is 1.71. The maximum absolute atomic E-state index is 12.3. The lowest BCUT2D eigenvalue weighted by atomic mass is 9.87. The van der Waals surface area contributed by atoms with Gasteiger partial charge in [-0.25, -0.2) is 0 Å². The molecule has 1 fully saturated rings. The SMILES string of the molecule is C=CC(=C(\CC1CNC(N)[C@@H]1C(=O)OCC)OC)/C(C(=C)C)=C(\C)ON. The Morgan fingerprint density at radius 2 is 2.04 bits per heavy atom. The third-order valence-electron chi connectivity index (χ3n) is 4.49. The maximum atomic E-state index is 12.3. The van der Waals surface area contributed by atoms with Gasteiger partial charge in [0.15, 0.2) is 0 Å². The van der Waals surface area contributed by atoms with Crippen molar-refractivity contribution in [2.24, 2.45) is 23.5 Å². The summed E-state index contributed by atoms with van der Waals surface area (Å²) in [5, 5.41) is 3.13. The standard InChI is InChI=1S/C19H31N3O4/c1-7-14(16(11(3)4)12(5)26-21)15(24-6)9-13-10-22-18(20)17(13)19(23)25-8-2/h7,13,17-18,22H,1,3,8-10,20-21H2,2,4-6H3/b15-14-,16-12+/t13?,17-,18?/m1/s1. The lowest BCUT2D eigenvalue weighted by molar-refractivity contribution is -0.149. The predicted molar refractivity (Wildman–Crippen MR) is 101 cm³/mol. The van der Waals surface area contributed by atoms with E-state index in [1.165, 1.54) is 0 Å². The fourth-order valence-electron chi connectivity index (χ4n) is 3.29. The van der Waals surface area contributed by atoms with E-state index in [2.05, 4.69) is 18.5 Å². The number of ether oxygens (including phenoxy) is 2. The number of methoxy groups -OCH3 is 1. The first kappa shape index (κ1) is 22.0. The van der Waals surface area contributed by atoms with E-state index in [1.54, 1.807) is 27.0 Å². The summed E-state index contributed by atoms with van der Waals surface area (Å²) in [6, 6.07) is 0. The molecule has 2 unspecified atom stereocenters. The van der Waals surface area contributed by atoms with Gasteiger partial charge in [-0.2, -0.15) is 5.90 Å². The maximum Gasteiger partial charge on any atom is 0.312 e. The number of carbonyl (C=O) groups is 1. The zero-order valence-electron chi connectivity index (χ0n) is 16.1. The summed E-state index contributed by atoms with van der Waals surface area (Å²) >= 11 is 0. The monoisotopic (exact) mass is 365 g/mol. The lowest BCUT2D eigenvalue weighted by Crippen LogP contribution is -2.41. The smallest absolute Gasteiger partial charge is 0.312 e. The number of rotatable bonds is 9. The fourth-order valence-corrected chi connectivity index (χ4v) is 3.29. The minimum Gasteiger partial charge on any atom is -0.500 e. The van der Waals surface area contributed by atoms with Gasteiger partial charge < -0.3 is 25.4 Å². The van der Waals surface area contributed by atoms with Crippen LogP contribution in [0.2, 0.25) is 0 Å². The summed E-state index contributed by atoms with van der Waals surface area (Å²) in [4.78, 5) is 17.2. The molecule has 0 bridgehead atoms. The zero-order valence-corrected chi connectivity index (χ0v) is 16.1. The second-order valence-corrected chi connectivity index (χ2v) is 6.25. The van der Waals surface area contributed by atoms with Crippen LogP contribution in [0, 0.1) is 11.8 Å². The predicted octanol–water partition coefficient (Wildman–Crippen LogP) is 1.89. The molecule has 7 heteroatoms. The minimum atomic E-state index is -0.449. The second kappa shape index (κ2) is 10.2. The van der Waals surface area contributed by atoms with E-state index in [0.29, 0.717) is 31.1 Å². The van der Waals surface area contributed by atoms with Gasteiger partial charge in [-0.3, -0.25) is 4.79 Å². The Hall–Kier alpha value is -2.09. The molecule has 0 amide bonds. The largest absolute Gasteiger partial charge is 0.500 e. The van der Waals surface area contributed by atoms with Gasteiger partial charge in [0.05, 0.1) is 25.8 Å². The molecule has 0 aromatic carbocycles. The van der Waals surface area contributed by atoms with E-state index >= 15 is 0 Å². The van der Waals surface area contributed by atoms with Crippen LogP contribution in [0.25, 0.3) is 0 Å². The van der Waals surface area contributed by atoms with Crippen molar-refractivity contribution < 1.29 is 19.1 Å². The molecule has 0 aromatic heterocycles. The summed E-state index contributed by atoms with van der Waals surface area (Å²) in [7, 11) is 1.58. The topological polar surface area (TPSA) is 109 Å². The van der Waals surface area contributed by atoms with Crippen molar-refractivity contribution in [3.05, 3.63) is 47.5 Å². The molecule has 7 nitrogen and oxygen atoms in total. The Kier molecular flexibility index (Phi) is 8.57. The Morgan fingerprint density at radius 1 is 1.38 bits per heavy atom. The molecular weight excluding hydrogens is 334 g/mol. The highest BCUT2D eigenvalue weighted by molar-refractivity contribution is 5.74. The van der Waals surface area contributed by atoms with Crippen LogP contribution in [0.15, 0.2) is 47.5 Å². The first-order valence-corrected chi connectivity index (χ1v) is 8.61. The van der Waals surface area contributed by atoms with Gasteiger partial charge >= 0.3 is 5.97 Å². The number of carbonyl (C=O) groups excluding carboxylic acids is 1. The summed E-state index contributed by atoms with van der Waals surface area (Å²) in [5.41, 5.74) is 8.27. The van der Waals surface area contributed by atoms with E-state index in [0.717, 1.165) is 16.7 Å². The van der Waals surface area contributed by atoms with E-state index < -0.39 is 12.1 Å². The molecule has 1 heterocycles. The molecule has 0 aromatic rings. The van der Waals surface area contributed by atoms with E-state index in [1.807, 2.05) is 6.92 Å². The molecule has 0 radical (unpaired) electrons. The molecule has 1 aliphatic rings. The quantitative estimate of drug-likeness (QED) is 0.248. The van der Waals surface area contributed by atoms with E-state index in [4.69, 9.17) is 25.9 Å². The van der Waals surface area contributed by atoms with Gasteiger partial charge in [-0.05, 0) is 32.3 Å². The number of esters is 1. The van der Waals surface area contributed by atoms with Crippen molar-refractivity contribution >= 4 is 5.97 Å². The molecule has 26 heavy (non-hydrogen) atoms. The highest BCUT2D eigenvalue weighted by Gasteiger charge is 2.40. The molecule has 3 atom stereocenters. The van der Waals surface area contributed by atoms with Crippen LogP contribution in [-0.4, -0.2) is 32.4 Å². The van der Waals surface area contributed by atoms with Gasteiger partial charge in [0.1, 0.15) is 11.5 Å². The van der Waals surface area contributed by atoms with Crippen LogP contribution >= 0.6 is 0 Å². The summed E-state index contributed by atoms with van der Waals surface area (Å²) in [6.45, 7) is 14.1.